The molecule has 2 aliphatic rings. The number of esters is 1. The minimum Gasteiger partial charge on any atom is -0.426 e. The highest BCUT2D eigenvalue weighted by molar-refractivity contribution is 6.20. The number of rotatable bonds is 4. The third-order valence-corrected chi connectivity index (χ3v) is 5.79. The normalized spacial score (nSPS) is 18.8. The van der Waals surface area contributed by atoms with Crippen molar-refractivity contribution in [3.63, 3.8) is 0 Å². The van der Waals surface area contributed by atoms with E-state index in [9.17, 15) is 19.2 Å². The molecule has 7 nitrogen and oxygen atoms in total. The van der Waals surface area contributed by atoms with E-state index in [1.165, 1.54) is 4.90 Å². The molecule has 2 saturated heterocycles. The van der Waals surface area contributed by atoms with E-state index < -0.39 is 11.9 Å². The lowest BCUT2D eigenvalue weighted by molar-refractivity contribution is -0.139. The summed E-state index contributed by atoms with van der Waals surface area (Å²) in [5, 5.41) is 0. The van der Waals surface area contributed by atoms with Crippen molar-refractivity contribution >= 4 is 35.1 Å². The Balaban J connectivity index is 1.47. The number of benzene rings is 2. The molecular weight excluding hydrogens is 396 g/mol. The quantitative estimate of drug-likeness (QED) is 0.431. The van der Waals surface area contributed by atoms with E-state index in [-0.39, 0.29) is 43.5 Å². The summed E-state index contributed by atoms with van der Waals surface area (Å²) in [5.74, 6) is -1.27. The number of amides is 3. The first kappa shape index (κ1) is 20.8. The van der Waals surface area contributed by atoms with Crippen molar-refractivity contribution in [2.75, 3.05) is 16.3 Å². The summed E-state index contributed by atoms with van der Waals surface area (Å²) in [5.41, 5.74) is 4.01. The molecule has 0 aromatic heterocycles. The smallest absolute Gasteiger partial charge is 0.316 e. The van der Waals surface area contributed by atoms with E-state index in [0.717, 1.165) is 16.8 Å². The molecular formula is C24H24N2O5. The van der Waals surface area contributed by atoms with Gasteiger partial charge in [0.25, 0.3) is 0 Å². The van der Waals surface area contributed by atoms with E-state index in [2.05, 4.69) is 0 Å². The number of aryl methyl sites for hydroxylation is 3. The Kier molecular flexibility index (Phi) is 5.35. The molecule has 0 radical (unpaired) electrons. The van der Waals surface area contributed by atoms with Crippen LogP contribution in [0.5, 0.6) is 5.75 Å². The van der Waals surface area contributed by atoms with Gasteiger partial charge in [-0.1, -0.05) is 12.1 Å². The second-order valence-electron chi connectivity index (χ2n) is 8.19. The first-order valence-corrected chi connectivity index (χ1v) is 10.3. The van der Waals surface area contributed by atoms with Crippen LogP contribution in [0.1, 0.15) is 36.0 Å². The highest BCUT2D eigenvalue weighted by Gasteiger charge is 2.37. The SMILES string of the molecule is Cc1ccc(C)c(N2C[C@H](C(=O)Oc3ccc(N4C(=O)CCC4=O)c(C)c3)CC2=O)c1. The lowest BCUT2D eigenvalue weighted by atomic mass is 10.1. The molecule has 31 heavy (non-hydrogen) atoms. The van der Waals surface area contributed by atoms with Crippen LogP contribution in [-0.2, 0) is 19.2 Å². The maximum Gasteiger partial charge on any atom is 0.316 e. The van der Waals surface area contributed by atoms with Crippen molar-refractivity contribution in [1.29, 1.82) is 0 Å². The van der Waals surface area contributed by atoms with Gasteiger partial charge in [0.05, 0.1) is 11.6 Å². The molecule has 0 saturated carbocycles. The molecule has 4 rings (SSSR count). The Hall–Kier alpha value is -3.48. The number of carbonyl (C=O) groups is 4. The van der Waals surface area contributed by atoms with Gasteiger partial charge in [-0.3, -0.25) is 24.1 Å². The average Bonchev–Trinajstić information content (AvgIpc) is 3.26. The van der Waals surface area contributed by atoms with Crippen molar-refractivity contribution in [3.8, 4) is 5.75 Å². The van der Waals surface area contributed by atoms with Gasteiger partial charge in [-0.05, 0) is 61.7 Å². The summed E-state index contributed by atoms with van der Waals surface area (Å²) in [7, 11) is 0. The van der Waals surface area contributed by atoms with Gasteiger partial charge in [0, 0.05) is 31.5 Å². The fourth-order valence-corrected chi connectivity index (χ4v) is 4.10. The van der Waals surface area contributed by atoms with Gasteiger partial charge in [-0.15, -0.1) is 0 Å². The molecule has 3 amide bonds. The average molecular weight is 420 g/mol. The lowest BCUT2D eigenvalue weighted by Gasteiger charge is -2.20. The number of anilines is 2. The van der Waals surface area contributed by atoms with Crippen LogP contribution >= 0.6 is 0 Å². The molecule has 0 N–H and O–H groups in total. The zero-order chi connectivity index (χ0) is 22.3. The van der Waals surface area contributed by atoms with Crippen molar-refractivity contribution < 1.29 is 23.9 Å². The zero-order valence-corrected chi connectivity index (χ0v) is 17.8. The summed E-state index contributed by atoms with van der Waals surface area (Å²) in [6, 6.07) is 10.7. The van der Waals surface area contributed by atoms with Crippen LogP contribution in [0.4, 0.5) is 11.4 Å². The maximum absolute atomic E-state index is 12.7. The molecule has 0 aliphatic carbocycles. The van der Waals surface area contributed by atoms with Gasteiger partial charge in [-0.2, -0.15) is 0 Å². The molecule has 0 unspecified atom stereocenters. The van der Waals surface area contributed by atoms with Crippen molar-refractivity contribution in [2.45, 2.75) is 40.0 Å². The molecule has 2 aromatic rings. The van der Waals surface area contributed by atoms with Crippen LogP contribution < -0.4 is 14.5 Å². The third kappa shape index (κ3) is 3.95. The van der Waals surface area contributed by atoms with Gasteiger partial charge < -0.3 is 9.64 Å². The van der Waals surface area contributed by atoms with Crippen LogP contribution in [0.25, 0.3) is 0 Å². The van der Waals surface area contributed by atoms with E-state index in [0.29, 0.717) is 17.0 Å². The van der Waals surface area contributed by atoms with Crippen LogP contribution in [0.2, 0.25) is 0 Å². The van der Waals surface area contributed by atoms with Crippen LogP contribution in [-0.4, -0.2) is 30.2 Å². The number of nitrogens with zero attached hydrogens (tertiary/aromatic N) is 2. The van der Waals surface area contributed by atoms with E-state index in [1.54, 1.807) is 30.0 Å². The molecule has 2 aliphatic heterocycles. The van der Waals surface area contributed by atoms with E-state index in [1.807, 2.05) is 32.0 Å². The second kappa shape index (κ2) is 7.98. The molecule has 2 aromatic carbocycles. The molecule has 1 atom stereocenters. The summed E-state index contributed by atoms with van der Waals surface area (Å²) >= 11 is 0. The van der Waals surface area contributed by atoms with Crippen molar-refractivity contribution in [1.82, 2.24) is 0 Å². The Morgan fingerprint density at radius 3 is 2.26 bits per heavy atom. The summed E-state index contributed by atoms with van der Waals surface area (Å²) in [6.07, 6.45) is 0.517. The highest BCUT2D eigenvalue weighted by atomic mass is 16.5. The number of ether oxygens (including phenoxy) is 1. The standard InChI is InChI=1S/C24H24N2O5/c1-14-4-5-15(2)20(10-14)25-13-17(12-23(25)29)24(30)31-18-6-7-19(16(3)11-18)26-21(27)8-9-22(26)28/h4-7,10-11,17H,8-9,12-13H2,1-3H3/t17-/m1/s1. The number of imide groups is 1. The molecule has 2 fully saturated rings. The van der Waals surface area contributed by atoms with Crippen LogP contribution in [0.3, 0.4) is 0 Å². The Labute approximate surface area is 180 Å². The largest absolute Gasteiger partial charge is 0.426 e. The van der Waals surface area contributed by atoms with Gasteiger partial charge >= 0.3 is 5.97 Å². The van der Waals surface area contributed by atoms with Gasteiger partial charge in [0.15, 0.2) is 0 Å². The van der Waals surface area contributed by atoms with E-state index in [4.69, 9.17) is 4.74 Å². The minimum absolute atomic E-state index is 0.0973. The van der Waals surface area contributed by atoms with Gasteiger partial charge in [-0.25, -0.2) is 0 Å². The highest BCUT2D eigenvalue weighted by Crippen LogP contribution is 2.32. The summed E-state index contributed by atoms with van der Waals surface area (Å²) < 4.78 is 5.53. The third-order valence-electron chi connectivity index (χ3n) is 5.79. The molecule has 160 valence electrons. The predicted octanol–water partition coefficient (Wildman–Crippen LogP) is 3.22. The van der Waals surface area contributed by atoms with Crippen molar-refractivity contribution in [3.05, 3.63) is 53.1 Å². The topological polar surface area (TPSA) is 84.0 Å². The van der Waals surface area contributed by atoms with Crippen LogP contribution in [0.15, 0.2) is 36.4 Å². The summed E-state index contributed by atoms with van der Waals surface area (Å²) in [4.78, 5) is 52.1. The minimum atomic E-state index is -0.561. The first-order chi connectivity index (χ1) is 14.7. The molecule has 0 spiro atoms. The van der Waals surface area contributed by atoms with Crippen LogP contribution in [0, 0.1) is 26.7 Å². The molecule has 0 bridgehead atoms. The van der Waals surface area contributed by atoms with Crippen molar-refractivity contribution in [2.24, 2.45) is 5.92 Å². The Bertz CT molecular complexity index is 1090. The second-order valence-corrected chi connectivity index (χ2v) is 8.19. The van der Waals surface area contributed by atoms with Gasteiger partial charge in [0.2, 0.25) is 17.7 Å². The number of hydrogen-bond donors (Lipinski definition) is 0. The van der Waals surface area contributed by atoms with Gasteiger partial charge in [0.1, 0.15) is 5.75 Å². The lowest BCUT2D eigenvalue weighted by Crippen LogP contribution is -2.29. The fraction of sp³-hybridized carbons (Fsp3) is 0.333. The predicted molar refractivity (Wildman–Crippen MR) is 115 cm³/mol. The Morgan fingerprint density at radius 1 is 0.871 bits per heavy atom. The first-order valence-electron chi connectivity index (χ1n) is 10.3. The number of carbonyl (C=O) groups excluding carboxylic acids is 4. The fourth-order valence-electron chi connectivity index (χ4n) is 4.10. The monoisotopic (exact) mass is 420 g/mol. The summed E-state index contributed by atoms with van der Waals surface area (Å²) in [6.45, 7) is 5.93. The maximum atomic E-state index is 12.7. The molecule has 7 heteroatoms. The Morgan fingerprint density at radius 2 is 1.58 bits per heavy atom. The number of hydrogen-bond acceptors (Lipinski definition) is 5. The van der Waals surface area contributed by atoms with E-state index >= 15 is 0 Å². The molecule has 2 heterocycles. The zero-order valence-electron chi connectivity index (χ0n) is 17.8.